The molecule has 0 bridgehead atoms. The van der Waals surface area contributed by atoms with Gasteiger partial charge in [-0.15, -0.1) is 11.3 Å². The zero-order valence-corrected chi connectivity index (χ0v) is 18.6. The van der Waals surface area contributed by atoms with Crippen LogP contribution in [0.5, 0.6) is 0 Å². The average Bonchev–Trinajstić information content (AvgIpc) is 3.08. The number of carboxylic acids is 1. The zero-order valence-electron chi connectivity index (χ0n) is 17.8. The van der Waals surface area contributed by atoms with E-state index < -0.39 is 5.97 Å². The van der Waals surface area contributed by atoms with Gasteiger partial charge in [0.05, 0.1) is 6.61 Å². The molecule has 28 heavy (non-hydrogen) atoms. The van der Waals surface area contributed by atoms with E-state index in [-0.39, 0.29) is 12.0 Å². The van der Waals surface area contributed by atoms with Crippen molar-refractivity contribution in [1.82, 2.24) is 4.90 Å². The Hall–Kier alpha value is -1.17. The molecule has 3 rings (SSSR count). The number of hydrogen-bond acceptors (Lipinski definition) is 4. The fourth-order valence-corrected chi connectivity index (χ4v) is 5.70. The highest BCUT2D eigenvalue weighted by atomic mass is 32.1. The lowest BCUT2D eigenvalue weighted by molar-refractivity contribution is 0.0702. The fraction of sp³-hybridized carbons (Fsp3) is 0.696. The Morgan fingerprint density at radius 1 is 1.25 bits per heavy atom. The topological polar surface area (TPSA) is 60.8 Å². The maximum absolute atomic E-state index is 12.0. The highest BCUT2D eigenvalue weighted by molar-refractivity contribution is 7.14. The maximum Gasteiger partial charge on any atom is 0.346 e. The van der Waals surface area contributed by atoms with E-state index in [9.17, 15) is 15.0 Å². The fourth-order valence-electron chi connectivity index (χ4n) is 4.61. The molecule has 0 radical (unpaired) electrons. The molecule has 2 aliphatic rings. The van der Waals surface area contributed by atoms with Gasteiger partial charge in [0, 0.05) is 30.1 Å². The van der Waals surface area contributed by atoms with Crippen LogP contribution < -0.4 is 0 Å². The standard InChI is InChI=1S/C23H35NO3S/c1-15-5-7-16(8-6-15)19-14-24(11-12-25)10-9-17(19)18-13-20(23(2,3)4)28-21(18)22(26)27/h13,15-16,25H,5-12,14H2,1-4H3,(H,26,27). The summed E-state index contributed by atoms with van der Waals surface area (Å²) in [4.78, 5) is 16.0. The van der Waals surface area contributed by atoms with Gasteiger partial charge < -0.3 is 10.2 Å². The summed E-state index contributed by atoms with van der Waals surface area (Å²) in [5.74, 6) is 0.533. The van der Waals surface area contributed by atoms with Gasteiger partial charge in [-0.1, -0.05) is 40.5 Å². The van der Waals surface area contributed by atoms with E-state index in [0.717, 1.165) is 35.9 Å². The van der Waals surface area contributed by atoms with Crippen LogP contribution in [-0.2, 0) is 5.41 Å². The second-order valence-corrected chi connectivity index (χ2v) is 10.7. The van der Waals surface area contributed by atoms with Gasteiger partial charge >= 0.3 is 5.97 Å². The molecule has 0 unspecified atom stereocenters. The van der Waals surface area contributed by atoms with Crippen LogP contribution >= 0.6 is 11.3 Å². The van der Waals surface area contributed by atoms with Gasteiger partial charge in [0.1, 0.15) is 4.88 Å². The molecule has 1 aromatic heterocycles. The Labute approximate surface area is 173 Å². The molecule has 1 aliphatic heterocycles. The first-order valence-electron chi connectivity index (χ1n) is 10.6. The first-order valence-corrected chi connectivity index (χ1v) is 11.5. The number of aliphatic hydroxyl groups excluding tert-OH is 1. The molecule has 0 aromatic carbocycles. The predicted molar refractivity (Wildman–Crippen MR) is 116 cm³/mol. The van der Waals surface area contributed by atoms with Crippen LogP contribution in [0.1, 0.15) is 79.9 Å². The molecule has 2 N–H and O–H groups in total. The Bertz CT molecular complexity index is 736. The van der Waals surface area contributed by atoms with Crippen LogP contribution in [0.15, 0.2) is 11.6 Å². The summed E-state index contributed by atoms with van der Waals surface area (Å²) in [5.41, 5.74) is 3.62. The van der Waals surface area contributed by atoms with Crippen molar-refractivity contribution in [3.05, 3.63) is 27.0 Å². The summed E-state index contributed by atoms with van der Waals surface area (Å²) in [7, 11) is 0. The molecule has 0 amide bonds. The Morgan fingerprint density at radius 2 is 1.93 bits per heavy atom. The SMILES string of the molecule is CC1CCC(C2=C(c3cc(C(C)(C)C)sc3C(=O)O)CCN(CCO)C2)CC1. The van der Waals surface area contributed by atoms with Crippen molar-refractivity contribution in [3.63, 3.8) is 0 Å². The number of aromatic carboxylic acids is 1. The summed E-state index contributed by atoms with van der Waals surface area (Å²) in [6.45, 7) is 11.4. The minimum atomic E-state index is -0.808. The van der Waals surface area contributed by atoms with Crippen LogP contribution in [-0.4, -0.2) is 47.3 Å². The minimum Gasteiger partial charge on any atom is -0.477 e. The third-order valence-electron chi connectivity index (χ3n) is 6.38. The Balaban J connectivity index is 2.05. The molecule has 1 aromatic rings. The highest BCUT2D eigenvalue weighted by Gasteiger charge is 2.32. The van der Waals surface area contributed by atoms with E-state index in [1.54, 1.807) is 0 Å². The molecule has 0 spiro atoms. The number of hydrogen-bond donors (Lipinski definition) is 2. The third kappa shape index (κ3) is 4.69. The monoisotopic (exact) mass is 405 g/mol. The Morgan fingerprint density at radius 3 is 2.50 bits per heavy atom. The molecule has 5 heteroatoms. The van der Waals surface area contributed by atoms with E-state index in [4.69, 9.17) is 0 Å². The number of carbonyl (C=O) groups is 1. The molecule has 1 fully saturated rings. The summed E-state index contributed by atoms with van der Waals surface area (Å²) in [5, 5.41) is 19.3. The van der Waals surface area contributed by atoms with Gasteiger partial charge in [-0.3, -0.25) is 4.90 Å². The lowest BCUT2D eigenvalue weighted by Gasteiger charge is -2.37. The molecule has 1 saturated carbocycles. The first kappa shape index (κ1) is 21.5. The molecular weight excluding hydrogens is 370 g/mol. The molecule has 1 aliphatic carbocycles. The van der Waals surface area contributed by atoms with Crippen molar-refractivity contribution in [2.75, 3.05) is 26.2 Å². The van der Waals surface area contributed by atoms with Crippen molar-refractivity contribution in [1.29, 1.82) is 0 Å². The number of thiophene rings is 1. The summed E-state index contributed by atoms with van der Waals surface area (Å²) >= 11 is 1.44. The van der Waals surface area contributed by atoms with Crippen molar-refractivity contribution < 1.29 is 15.0 Å². The second-order valence-electron chi connectivity index (χ2n) is 9.62. The molecule has 4 nitrogen and oxygen atoms in total. The normalized spacial score (nSPS) is 24.6. The number of rotatable bonds is 5. The van der Waals surface area contributed by atoms with Crippen molar-refractivity contribution in [2.45, 2.75) is 65.2 Å². The van der Waals surface area contributed by atoms with Gasteiger partial charge in [0.2, 0.25) is 0 Å². The van der Waals surface area contributed by atoms with E-state index in [1.165, 1.54) is 48.2 Å². The van der Waals surface area contributed by atoms with E-state index in [1.807, 2.05) is 0 Å². The largest absolute Gasteiger partial charge is 0.477 e. The molecule has 0 atom stereocenters. The van der Waals surface area contributed by atoms with Crippen LogP contribution in [0.4, 0.5) is 0 Å². The summed E-state index contributed by atoms with van der Waals surface area (Å²) in [6.07, 6.45) is 5.79. The second kappa shape index (κ2) is 8.68. The van der Waals surface area contributed by atoms with E-state index in [0.29, 0.717) is 17.3 Å². The first-order chi connectivity index (χ1) is 13.2. The number of β-amino-alcohol motifs (C(OH)–C–C–N with tert-alkyl or cyclic N) is 1. The minimum absolute atomic E-state index is 0.0499. The van der Waals surface area contributed by atoms with Crippen LogP contribution in [0.2, 0.25) is 0 Å². The van der Waals surface area contributed by atoms with Gasteiger partial charge in [-0.25, -0.2) is 4.79 Å². The summed E-state index contributed by atoms with van der Waals surface area (Å²) < 4.78 is 0. The quantitative estimate of drug-likeness (QED) is 0.722. The number of carboxylic acid groups (broad SMARTS) is 1. The van der Waals surface area contributed by atoms with E-state index >= 15 is 0 Å². The molecule has 0 saturated heterocycles. The van der Waals surface area contributed by atoms with Crippen molar-refractivity contribution in [3.8, 4) is 0 Å². The van der Waals surface area contributed by atoms with Gasteiger partial charge in [0.25, 0.3) is 0 Å². The highest BCUT2D eigenvalue weighted by Crippen LogP contribution is 2.43. The smallest absolute Gasteiger partial charge is 0.346 e. The third-order valence-corrected chi connectivity index (χ3v) is 7.92. The van der Waals surface area contributed by atoms with Gasteiger partial charge in [-0.2, -0.15) is 0 Å². The van der Waals surface area contributed by atoms with Crippen molar-refractivity contribution >= 4 is 22.9 Å². The van der Waals surface area contributed by atoms with Crippen LogP contribution in [0.25, 0.3) is 5.57 Å². The zero-order chi connectivity index (χ0) is 20.5. The van der Waals surface area contributed by atoms with Crippen LogP contribution in [0, 0.1) is 11.8 Å². The lowest BCUT2D eigenvalue weighted by Crippen LogP contribution is -2.36. The van der Waals surface area contributed by atoms with Crippen molar-refractivity contribution in [2.24, 2.45) is 11.8 Å². The van der Waals surface area contributed by atoms with E-state index in [2.05, 4.69) is 38.7 Å². The van der Waals surface area contributed by atoms with Gasteiger partial charge in [0.15, 0.2) is 0 Å². The lowest BCUT2D eigenvalue weighted by atomic mass is 9.75. The maximum atomic E-state index is 12.0. The van der Waals surface area contributed by atoms with Crippen LogP contribution in [0.3, 0.4) is 0 Å². The molecule has 2 heterocycles. The predicted octanol–water partition coefficient (Wildman–Crippen LogP) is 5.02. The number of aliphatic hydroxyl groups is 1. The van der Waals surface area contributed by atoms with Gasteiger partial charge in [-0.05, 0) is 53.7 Å². The molecular formula is C23H35NO3S. The Kier molecular flexibility index (Phi) is 6.68. The summed E-state index contributed by atoms with van der Waals surface area (Å²) in [6, 6.07) is 2.15. The number of nitrogens with zero attached hydrogens (tertiary/aromatic N) is 1. The molecule has 156 valence electrons. The average molecular weight is 406 g/mol.